The van der Waals surface area contributed by atoms with Gasteiger partial charge >= 0.3 is 0 Å². The highest BCUT2D eigenvalue weighted by Crippen LogP contribution is 2.47. The number of carbonyl (C=O) groups is 2. The molecule has 0 radical (unpaired) electrons. The molecule has 5 rings (SSSR count). The third kappa shape index (κ3) is 3.01. The maximum absolute atomic E-state index is 13.7. The van der Waals surface area contributed by atoms with Crippen molar-refractivity contribution in [2.24, 2.45) is 7.05 Å². The van der Waals surface area contributed by atoms with Crippen molar-refractivity contribution in [2.45, 2.75) is 43.6 Å². The molecule has 2 amide bonds. The van der Waals surface area contributed by atoms with E-state index in [9.17, 15) is 18.4 Å². The number of hydrogen-bond acceptors (Lipinski definition) is 3. The van der Waals surface area contributed by atoms with E-state index < -0.39 is 23.3 Å². The lowest BCUT2D eigenvalue weighted by atomic mass is 9.89. The fourth-order valence-corrected chi connectivity index (χ4v) is 5.02. The molecule has 8 heteroatoms. The number of carbonyl (C=O) groups excluding carboxylic acids is 2. The van der Waals surface area contributed by atoms with Gasteiger partial charge in [0.1, 0.15) is 17.9 Å². The Morgan fingerprint density at radius 1 is 1.13 bits per heavy atom. The van der Waals surface area contributed by atoms with Crippen LogP contribution in [0.1, 0.15) is 47.6 Å². The molecule has 1 spiro atoms. The van der Waals surface area contributed by atoms with Crippen LogP contribution >= 0.6 is 0 Å². The number of hydrogen-bond donors (Lipinski definition) is 0. The Morgan fingerprint density at radius 2 is 1.83 bits per heavy atom. The van der Waals surface area contributed by atoms with Gasteiger partial charge in [0.2, 0.25) is 0 Å². The first kappa shape index (κ1) is 19.2. The van der Waals surface area contributed by atoms with Crippen molar-refractivity contribution in [3.63, 3.8) is 0 Å². The molecule has 0 aliphatic carbocycles. The second kappa shape index (κ2) is 6.91. The van der Waals surface area contributed by atoms with Gasteiger partial charge in [-0.3, -0.25) is 9.59 Å². The van der Waals surface area contributed by atoms with E-state index in [-0.39, 0.29) is 18.0 Å². The molecule has 4 heterocycles. The molecule has 1 aromatic carbocycles. The van der Waals surface area contributed by atoms with Gasteiger partial charge < -0.3 is 19.1 Å². The van der Waals surface area contributed by atoms with Crippen LogP contribution < -0.4 is 0 Å². The zero-order valence-electron chi connectivity index (χ0n) is 16.7. The van der Waals surface area contributed by atoms with E-state index in [1.54, 1.807) is 22.1 Å². The van der Waals surface area contributed by atoms with E-state index >= 15 is 0 Å². The lowest BCUT2D eigenvalue weighted by molar-refractivity contribution is -0.142. The minimum Gasteiger partial charge on any atom is -0.356 e. The fraction of sp³-hybridized carbons (Fsp3) is 0.455. The summed E-state index contributed by atoms with van der Waals surface area (Å²) in [4.78, 5) is 29.5. The van der Waals surface area contributed by atoms with Crippen LogP contribution in [0.2, 0.25) is 0 Å². The molecule has 2 aromatic rings. The molecule has 3 aliphatic rings. The number of rotatable bonds is 2. The molecule has 3 aliphatic heterocycles. The van der Waals surface area contributed by atoms with E-state index in [4.69, 9.17) is 4.74 Å². The van der Waals surface area contributed by atoms with Gasteiger partial charge in [-0.1, -0.05) is 0 Å². The van der Waals surface area contributed by atoms with Gasteiger partial charge in [-0.2, -0.15) is 0 Å². The Bertz CT molecular complexity index is 993. The SMILES string of the molecule is Cn1ccc(C(=O)N2CCC3(CC2)OC2CCC(c4cc(F)cc(F)c4)N2C3=O)c1. The van der Waals surface area contributed by atoms with Crippen LogP contribution in [-0.2, 0) is 16.6 Å². The first-order valence-corrected chi connectivity index (χ1v) is 10.2. The van der Waals surface area contributed by atoms with Crippen molar-refractivity contribution in [1.82, 2.24) is 14.4 Å². The van der Waals surface area contributed by atoms with Crippen LogP contribution in [0.5, 0.6) is 0 Å². The predicted molar refractivity (Wildman–Crippen MR) is 103 cm³/mol. The van der Waals surface area contributed by atoms with Crippen LogP contribution in [0.3, 0.4) is 0 Å². The van der Waals surface area contributed by atoms with Gasteiger partial charge in [0, 0.05) is 51.4 Å². The van der Waals surface area contributed by atoms with E-state index in [1.807, 2.05) is 17.8 Å². The number of aromatic nitrogens is 1. The monoisotopic (exact) mass is 415 g/mol. The van der Waals surface area contributed by atoms with Gasteiger partial charge in [-0.05, 0) is 36.6 Å². The van der Waals surface area contributed by atoms with Gasteiger partial charge in [-0.15, -0.1) is 0 Å². The molecule has 2 unspecified atom stereocenters. The molecule has 30 heavy (non-hydrogen) atoms. The standard InChI is InChI=1S/C22H23F2N3O3/c1-25-7-4-14(13-25)20(28)26-8-5-22(6-9-26)21(29)27-18(2-3-19(27)30-22)15-10-16(23)12-17(24)11-15/h4,7,10-13,18-19H,2-3,5-6,8-9H2,1H3. The number of nitrogens with zero attached hydrogens (tertiary/aromatic N) is 3. The maximum atomic E-state index is 13.7. The molecular formula is C22H23F2N3O3. The van der Waals surface area contributed by atoms with Crippen molar-refractivity contribution in [1.29, 1.82) is 0 Å². The summed E-state index contributed by atoms with van der Waals surface area (Å²) in [5.74, 6) is -1.48. The van der Waals surface area contributed by atoms with Crippen LogP contribution in [0.4, 0.5) is 8.78 Å². The van der Waals surface area contributed by atoms with Crippen LogP contribution in [0.25, 0.3) is 0 Å². The first-order valence-electron chi connectivity index (χ1n) is 10.2. The molecule has 3 saturated heterocycles. The Balaban J connectivity index is 1.32. The summed E-state index contributed by atoms with van der Waals surface area (Å²) < 4.78 is 35.5. The molecule has 2 atom stereocenters. The Morgan fingerprint density at radius 3 is 2.47 bits per heavy atom. The van der Waals surface area contributed by atoms with Crippen molar-refractivity contribution in [3.8, 4) is 0 Å². The Labute approximate surface area is 173 Å². The summed E-state index contributed by atoms with van der Waals surface area (Å²) in [6.45, 7) is 0.860. The number of likely N-dealkylation sites (tertiary alicyclic amines) is 1. The summed E-state index contributed by atoms with van der Waals surface area (Å²) in [5, 5.41) is 0. The van der Waals surface area contributed by atoms with Gasteiger partial charge in [0.05, 0.1) is 11.6 Å². The number of aryl methyl sites for hydroxylation is 1. The van der Waals surface area contributed by atoms with Gasteiger partial charge in [0.25, 0.3) is 11.8 Å². The topological polar surface area (TPSA) is 54.8 Å². The number of benzene rings is 1. The second-order valence-electron chi connectivity index (χ2n) is 8.43. The van der Waals surface area contributed by atoms with Gasteiger partial charge in [0.15, 0.2) is 5.60 Å². The largest absolute Gasteiger partial charge is 0.356 e. The summed E-state index contributed by atoms with van der Waals surface area (Å²) >= 11 is 0. The average Bonchev–Trinajstić information content (AvgIpc) is 3.38. The minimum atomic E-state index is -0.956. The molecule has 3 fully saturated rings. The summed E-state index contributed by atoms with van der Waals surface area (Å²) in [7, 11) is 1.86. The highest BCUT2D eigenvalue weighted by atomic mass is 19.1. The van der Waals surface area contributed by atoms with E-state index in [2.05, 4.69) is 0 Å². The van der Waals surface area contributed by atoms with Gasteiger partial charge in [-0.25, -0.2) is 8.78 Å². The normalized spacial score (nSPS) is 25.2. The third-order valence-corrected chi connectivity index (χ3v) is 6.53. The maximum Gasteiger partial charge on any atom is 0.257 e. The zero-order chi connectivity index (χ0) is 21.0. The molecular weight excluding hydrogens is 392 g/mol. The van der Waals surface area contributed by atoms with Crippen molar-refractivity contribution in [2.75, 3.05) is 13.1 Å². The van der Waals surface area contributed by atoms with Crippen molar-refractivity contribution < 1.29 is 23.1 Å². The highest BCUT2D eigenvalue weighted by Gasteiger charge is 2.58. The molecule has 0 saturated carbocycles. The molecule has 0 N–H and O–H groups in total. The quantitative estimate of drug-likeness (QED) is 0.758. The second-order valence-corrected chi connectivity index (χ2v) is 8.43. The third-order valence-electron chi connectivity index (χ3n) is 6.53. The van der Waals surface area contributed by atoms with E-state index in [1.165, 1.54) is 12.1 Å². The highest BCUT2D eigenvalue weighted by molar-refractivity contribution is 5.94. The van der Waals surface area contributed by atoms with Crippen LogP contribution in [0, 0.1) is 11.6 Å². The molecule has 6 nitrogen and oxygen atoms in total. The van der Waals surface area contributed by atoms with Crippen molar-refractivity contribution in [3.05, 3.63) is 59.4 Å². The average molecular weight is 415 g/mol. The lowest BCUT2D eigenvalue weighted by Gasteiger charge is -2.37. The minimum absolute atomic E-state index is 0.0514. The summed E-state index contributed by atoms with van der Waals surface area (Å²) in [6.07, 6.45) is 5.29. The molecule has 1 aromatic heterocycles. The van der Waals surface area contributed by atoms with Crippen molar-refractivity contribution >= 4 is 11.8 Å². The molecule has 0 bridgehead atoms. The first-order chi connectivity index (χ1) is 14.4. The Kier molecular flexibility index (Phi) is 4.43. The van der Waals surface area contributed by atoms with Crippen LogP contribution in [-0.4, -0.2) is 51.1 Å². The predicted octanol–water partition coefficient (Wildman–Crippen LogP) is 3.00. The van der Waals surface area contributed by atoms with E-state index in [0.717, 1.165) is 6.07 Å². The smallest absolute Gasteiger partial charge is 0.257 e. The number of amides is 2. The zero-order valence-corrected chi connectivity index (χ0v) is 16.7. The number of fused-ring (bicyclic) bond motifs is 1. The summed E-state index contributed by atoms with van der Waals surface area (Å²) in [6, 6.07) is 4.79. The number of halogens is 2. The fourth-order valence-electron chi connectivity index (χ4n) is 5.02. The number of ether oxygens (including phenoxy) is 1. The van der Waals surface area contributed by atoms with E-state index in [0.29, 0.717) is 49.9 Å². The van der Waals surface area contributed by atoms with Crippen LogP contribution in [0.15, 0.2) is 36.7 Å². The summed E-state index contributed by atoms with van der Waals surface area (Å²) in [5.41, 5.74) is 0.129. The lowest BCUT2D eigenvalue weighted by Crippen LogP contribution is -2.51. The molecule has 158 valence electrons. The Hall–Kier alpha value is -2.74. The number of piperidine rings is 1.